The molecule has 1 unspecified atom stereocenters. The van der Waals surface area contributed by atoms with Crippen LogP contribution in [0.1, 0.15) is 23.6 Å². The molecule has 8 aromatic carbocycles. The van der Waals surface area contributed by atoms with E-state index in [9.17, 15) is 0 Å². The van der Waals surface area contributed by atoms with E-state index < -0.39 is 0 Å². The lowest BCUT2D eigenvalue weighted by atomic mass is 9.89. The standard InChI is InChI=1S/C56H37N3O/c1-4-13-36(14-5-1)39-23-25-40(26-24-39)54-46-19-10-11-21-49(46)57-56(58-54)43-27-30-44-45-20-12-22-52(55(45)60-53(44)35-43)59-50-31-28-41(37-15-6-2-7-16-37)33-47(50)48-34-42(29-32-51(48)59)38-17-8-3-9-18-38/h1-25,27-35,40H,26H2. The first-order valence-electron chi connectivity index (χ1n) is 20.6. The molecule has 1 aliphatic rings. The van der Waals surface area contributed by atoms with Gasteiger partial charge in [0.2, 0.25) is 0 Å². The number of benzene rings is 8. The van der Waals surface area contributed by atoms with Gasteiger partial charge in [-0.1, -0.05) is 158 Å². The van der Waals surface area contributed by atoms with E-state index >= 15 is 0 Å². The topological polar surface area (TPSA) is 43.9 Å². The molecule has 0 spiro atoms. The van der Waals surface area contributed by atoms with Crippen molar-refractivity contribution in [3.05, 3.63) is 218 Å². The zero-order valence-corrected chi connectivity index (χ0v) is 32.7. The van der Waals surface area contributed by atoms with Crippen LogP contribution in [-0.4, -0.2) is 14.5 Å². The zero-order chi connectivity index (χ0) is 39.6. The Labute approximate surface area is 347 Å². The maximum atomic E-state index is 6.95. The van der Waals surface area contributed by atoms with E-state index in [1.54, 1.807) is 0 Å². The van der Waals surface area contributed by atoms with E-state index in [0.29, 0.717) is 5.82 Å². The highest BCUT2D eigenvalue weighted by molar-refractivity contribution is 6.14. The number of para-hydroxylation sites is 2. The fraction of sp³-hybridized carbons (Fsp3) is 0.0357. The summed E-state index contributed by atoms with van der Waals surface area (Å²) in [5.74, 6) is 0.837. The van der Waals surface area contributed by atoms with Gasteiger partial charge in [0.15, 0.2) is 11.4 Å². The van der Waals surface area contributed by atoms with Crippen molar-refractivity contribution in [3.63, 3.8) is 0 Å². The number of allylic oxidation sites excluding steroid dienone is 4. The van der Waals surface area contributed by atoms with E-state index in [2.05, 4.69) is 211 Å². The largest absolute Gasteiger partial charge is 0.454 e. The molecule has 0 amide bonds. The summed E-state index contributed by atoms with van der Waals surface area (Å²) in [5, 5.41) is 5.61. The van der Waals surface area contributed by atoms with Gasteiger partial charge in [0.05, 0.1) is 27.9 Å². The van der Waals surface area contributed by atoms with Crippen LogP contribution in [0.2, 0.25) is 0 Å². The Morgan fingerprint density at radius 1 is 0.467 bits per heavy atom. The monoisotopic (exact) mass is 767 g/mol. The van der Waals surface area contributed by atoms with E-state index in [1.165, 1.54) is 44.2 Å². The van der Waals surface area contributed by atoms with Crippen LogP contribution in [0.4, 0.5) is 0 Å². The summed E-state index contributed by atoms with van der Waals surface area (Å²) in [5.41, 5.74) is 15.1. The van der Waals surface area contributed by atoms with Gasteiger partial charge < -0.3 is 8.98 Å². The quantitative estimate of drug-likeness (QED) is 0.169. The molecule has 4 heteroatoms. The van der Waals surface area contributed by atoms with E-state index in [-0.39, 0.29) is 5.92 Å². The lowest BCUT2D eigenvalue weighted by Gasteiger charge is -2.18. The Morgan fingerprint density at radius 3 is 1.75 bits per heavy atom. The summed E-state index contributed by atoms with van der Waals surface area (Å²) < 4.78 is 9.31. The van der Waals surface area contributed by atoms with Gasteiger partial charge in [-0.15, -0.1) is 0 Å². The summed E-state index contributed by atoms with van der Waals surface area (Å²) in [7, 11) is 0. The zero-order valence-electron chi connectivity index (χ0n) is 32.7. The fourth-order valence-corrected chi connectivity index (χ4v) is 9.18. The predicted octanol–water partition coefficient (Wildman–Crippen LogP) is 14.8. The first-order valence-corrected chi connectivity index (χ1v) is 20.6. The summed E-state index contributed by atoms with van der Waals surface area (Å²) in [6, 6.07) is 66.7. The van der Waals surface area contributed by atoms with Crippen molar-refractivity contribution < 1.29 is 4.42 Å². The minimum absolute atomic E-state index is 0.139. The first-order chi connectivity index (χ1) is 29.7. The third-order valence-corrected chi connectivity index (χ3v) is 12.1. The molecule has 0 saturated carbocycles. The Hall–Kier alpha value is -7.82. The number of aromatic nitrogens is 3. The molecule has 0 radical (unpaired) electrons. The van der Waals surface area contributed by atoms with Crippen LogP contribution < -0.4 is 0 Å². The average Bonchev–Trinajstić information content (AvgIpc) is 3.87. The molecule has 3 aromatic heterocycles. The van der Waals surface area contributed by atoms with Crippen molar-refractivity contribution in [2.24, 2.45) is 0 Å². The van der Waals surface area contributed by atoms with E-state index in [1.807, 2.05) is 0 Å². The lowest BCUT2D eigenvalue weighted by Crippen LogP contribution is -2.05. The highest BCUT2D eigenvalue weighted by atomic mass is 16.3. The van der Waals surface area contributed by atoms with Crippen LogP contribution in [0.5, 0.6) is 0 Å². The minimum Gasteiger partial charge on any atom is -0.454 e. The molecule has 4 nitrogen and oxygen atoms in total. The Bertz CT molecular complexity index is 3410. The molecule has 282 valence electrons. The molecule has 1 aliphatic carbocycles. The lowest BCUT2D eigenvalue weighted by molar-refractivity contribution is 0.666. The molecule has 0 aliphatic heterocycles. The van der Waals surface area contributed by atoms with Crippen LogP contribution in [-0.2, 0) is 0 Å². The third-order valence-electron chi connectivity index (χ3n) is 12.1. The van der Waals surface area contributed by atoms with Gasteiger partial charge in [-0.05, 0) is 88.3 Å². The van der Waals surface area contributed by atoms with Crippen LogP contribution in [0, 0.1) is 0 Å². The third kappa shape index (κ3) is 5.68. The fourth-order valence-electron chi connectivity index (χ4n) is 9.18. The summed E-state index contributed by atoms with van der Waals surface area (Å²) >= 11 is 0. The van der Waals surface area contributed by atoms with E-state index in [0.717, 1.165) is 67.2 Å². The van der Waals surface area contributed by atoms with Gasteiger partial charge in [0.1, 0.15) is 5.58 Å². The van der Waals surface area contributed by atoms with Crippen LogP contribution >= 0.6 is 0 Å². The predicted molar refractivity (Wildman–Crippen MR) is 248 cm³/mol. The van der Waals surface area contributed by atoms with Crippen molar-refractivity contribution in [1.82, 2.24) is 14.5 Å². The van der Waals surface area contributed by atoms with Crippen molar-refractivity contribution in [2.75, 3.05) is 0 Å². The summed E-state index contributed by atoms with van der Waals surface area (Å²) in [4.78, 5) is 10.4. The van der Waals surface area contributed by atoms with Gasteiger partial charge in [-0.25, -0.2) is 9.97 Å². The van der Waals surface area contributed by atoms with Gasteiger partial charge in [0.25, 0.3) is 0 Å². The Morgan fingerprint density at radius 2 is 1.08 bits per heavy atom. The molecule has 60 heavy (non-hydrogen) atoms. The molecular weight excluding hydrogens is 731 g/mol. The second-order valence-corrected chi connectivity index (χ2v) is 15.7. The second kappa shape index (κ2) is 13.9. The molecule has 0 bridgehead atoms. The van der Waals surface area contributed by atoms with Crippen LogP contribution in [0.25, 0.3) is 99.5 Å². The number of furan rings is 1. The molecule has 12 rings (SSSR count). The van der Waals surface area contributed by atoms with E-state index in [4.69, 9.17) is 14.4 Å². The van der Waals surface area contributed by atoms with Gasteiger partial charge in [0, 0.05) is 38.4 Å². The number of nitrogens with zero attached hydrogens (tertiary/aromatic N) is 3. The number of hydrogen-bond acceptors (Lipinski definition) is 3. The molecule has 11 aromatic rings. The van der Waals surface area contributed by atoms with Crippen molar-refractivity contribution >= 4 is 60.2 Å². The highest BCUT2D eigenvalue weighted by Gasteiger charge is 2.22. The van der Waals surface area contributed by atoms with Crippen molar-refractivity contribution in [1.29, 1.82) is 0 Å². The summed E-state index contributed by atoms with van der Waals surface area (Å²) in [6.07, 6.45) is 7.73. The molecule has 1 atom stereocenters. The summed E-state index contributed by atoms with van der Waals surface area (Å²) in [6.45, 7) is 0. The minimum atomic E-state index is 0.139. The highest BCUT2D eigenvalue weighted by Crippen LogP contribution is 2.42. The maximum Gasteiger partial charge on any atom is 0.160 e. The molecule has 3 heterocycles. The number of fused-ring (bicyclic) bond motifs is 7. The van der Waals surface area contributed by atoms with Gasteiger partial charge in [-0.2, -0.15) is 0 Å². The van der Waals surface area contributed by atoms with Crippen molar-refractivity contribution in [3.8, 4) is 39.3 Å². The average molecular weight is 768 g/mol. The number of hydrogen-bond donors (Lipinski definition) is 0. The molecule has 0 fully saturated rings. The first kappa shape index (κ1) is 34.2. The van der Waals surface area contributed by atoms with Crippen LogP contribution in [0.15, 0.2) is 211 Å². The smallest absolute Gasteiger partial charge is 0.160 e. The van der Waals surface area contributed by atoms with Crippen molar-refractivity contribution in [2.45, 2.75) is 12.3 Å². The SMILES string of the molecule is C1=CC(c2nc(-c3ccc4c(c3)oc3c(-n5c6ccc(-c7ccccc7)cc6c6cc(-c7ccccc7)ccc65)cccc34)nc3ccccc23)CC=C1c1ccccc1. The normalized spacial score (nSPS) is 14.1. The molecular formula is C56H37N3O. The Balaban J connectivity index is 0.991. The van der Waals surface area contributed by atoms with Gasteiger partial charge >= 0.3 is 0 Å². The molecule has 0 N–H and O–H groups in total. The van der Waals surface area contributed by atoms with Crippen LogP contribution in [0.3, 0.4) is 0 Å². The Kier molecular flexibility index (Phi) is 7.95. The number of rotatable bonds is 6. The molecule has 0 saturated heterocycles. The maximum absolute atomic E-state index is 6.95. The second-order valence-electron chi connectivity index (χ2n) is 15.7. The van der Waals surface area contributed by atoms with Gasteiger partial charge in [-0.3, -0.25) is 0 Å².